The zero-order valence-corrected chi connectivity index (χ0v) is 14.4. The minimum absolute atomic E-state index is 0.0113. The van der Waals surface area contributed by atoms with Crippen LogP contribution in [0, 0.1) is 0 Å². The molecule has 0 amide bonds. The summed E-state index contributed by atoms with van der Waals surface area (Å²) in [7, 11) is 0. The summed E-state index contributed by atoms with van der Waals surface area (Å²) in [4.78, 5) is 4.62. The minimum Gasteiger partial charge on any atom is -0.469 e. The summed E-state index contributed by atoms with van der Waals surface area (Å²) in [6.45, 7) is 4.83. The fraction of sp³-hybridized carbons (Fsp3) is 0.421. The van der Waals surface area contributed by atoms with Crippen molar-refractivity contribution >= 4 is 5.96 Å². The predicted molar refractivity (Wildman–Crippen MR) is 97.0 cm³/mol. The highest BCUT2D eigenvalue weighted by Gasteiger charge is 2.11. The molecule has 0 spiro atoms. The van der Waals surface area contributed by atoms with Gasteiger partial charge in [0.2, 0.25) is 0 Å². The Kier molecular flexibility index (Phi) is 7.36. The van der Waals surface area contributed by atoms with Crippen molar-refractivity contribution in [1.82, 2.24) is 10.6 Å². The molecular formula is C19H27N3O2. The van der Waals surface area contributed by atoms with Gasteiger partial charge in [-0.05, 0) is 31.0 Å². The zero-order valence-electron chi connectivity index (χ0n) is 14.4. The maximum absolute atomic E-state index is 9.44. The second-order valence-corrected chi connectivity index (χ2v) is 5.77. The number of hydrogen-bond acceptors (Lipinski definition) is 3. The van der Waals surface area contributed by atoms with Crippen LogP contribution < -0.4 is 10.6 Å². The smallest absolute Gasteiger partial charge is 0.192 e. The Morgan fingerprint density at radius 1 is 1.17 bits per heavy atom. The normalized spacial score (nSPS) is 14.2. The van der Waals surface area contributed by atoms with Crippen LogP contribution in [0.3, 0.4) is 0 Å². The molecule has 1 heterocycles. The van der Waals surface area contributed by atoms with Crippen LogP contribution in [0.25, 0.3) is 0 Å². The molecule has 0 aliphatic carbocycles. The summed E-state index contributed by atoms with van der Waals surface area (Å²) >= 11 is 0. The molecule has 24 heavy (non-hydrogen) atoms. The molecule has 0 aliphatic heterocycles. The number of benzene rings is 1. The van der Waals surface area contributed by atoms with Crippen LogP contribution >= 0.6 is 0 Å². The fourth-order valence-electron chi connectivity index (χ4n) is 2.37. The number of furan rings is 1. The van der Waals surface area contributed by atoms with Crippen molar-refractivity contribution in [2.75, 3.05) is 13.2 Å². The van der Waals surface area contributed by atoms with Gasteiger partial charge in [-0.3, -0.25) is 4.99 Å². The lowest BCUT2D eigenvalue weighted by Crippen LogP contribution is -2.45. The van der Waals surface area contributed by atoms with E-state index >= 15 is 0 Å². The van der Waals surface area contributed by atoms with Crippen molar-refractivity contribution in [2.45, 2.75) is 38.8 Å². The van der Waals surface area contributed by atoms with E-state index in [-0.39, 0.29) is 18.7 Å². The molecule has 2 atom stereocenters. The Morgan fingerprint density at radius 3 is 2.58 bits per heavy atom. The first-order valence-electron chi connectivity index (χ1n) is 8.48. The van der Waals surface area contributed by atoms with E-state index in [0.717, 1.165) is 18.6 Å². The van der Waals surface area contributed by atoms with Crippen LogP contribution in [0.4, 0.5) is 0 Å². The molecule has 1 unspecified atom stereocenters. The van der Waals surface area contributed by atoms with E-state index in [2.05, 4.69) is 34.7 Å². The molecule has 2 rings (SSSR count). The Hall–Kier alpha value is -2.27. The zero-order chi connectivity index (χ0) is 17.2. The predicted octanol–water partition coefficient (Wildman–Crippen LogP) is 2.89. The van der Waals surface area contributed by atoms with E-state index in [1.807, 2.05) is 37.3 Å². The molecule has 5 nitrogen and oxygen atoms in total. The van der Waals surface area contributed by atoms with Crippen molar-refractivity contribution in [3.63, 3.8) is 0 Å². The lowest BCUT2D eigenvalue weighted by molar-refractivity contribution is 0.251. The number of aliphatic imine (C=N–C) groups is 1. The number of guanidine groups is 1. The second kappa shape index (κ2) is 9.78. The van der Waals surface area contributed by atoms with Crippen LogP contribution in [0.15, 0.2) is 58.1 Å². The monoisotopic (exact) mass is 329 g/mol. The average molecular weight is 329 g/mol. The third-order valence-corrected chi connectivity index (χ3v) is 3.92. The van der Waals surface area contributed by atoms with Crippen molar-refractivity contribution < 1.29 is 9.52 Å². The molecular weight excluding hydrogens is 302 g/mol. The van der Waals surface area contributed by atoms with Crippen molar-refractivity contribution in [3.05, 3.63) is 60.1 Å². The Balaban J connectivity index is 2.00. The largest absolute Gasteiger partial charge is 0.469 e. The molecule has 0 aliphatic rings. The number of aliphatic hydroxyl groups is 1. The standard InChI is InChI=1S/C19H27N3O2/c1-3-17(14-23)22-19(20-12-11-18-10-7-13-24-18)21-15(2)16-8-5-4-6-9-16/h4-10,13,15,17,23H,3,11-12,14H2,1-2H3,(H2,20,21,22)/t15?,17-/m1/s1. The highest BCUT2D eigenvalue weighted by Crippen LogP contribution is 2.11. The van der Waals surface area contributed by atoms with Gasteiger partial charge in [0, 0.05) is 13.0 Å². The van der Waals surface area contributed by atoms with Gasteiger partial charge in [0.1, 0.15) is 5.76 Å². The number of rotatable bonds is 8. The van der Waals surface area contributed by atoms with Gasteiger partial charge in [0.05, 0.1) is 25.0 Å². The third kappa shape index (κ3) is 5.74. The summed E-state index contributed by atoms with van der Waals surface area (Å²) in [6, 6.07) is 14.2. The Bertz CT molecular complexity index is 592. The third-order valence-electron chi connectivity index (χ3n) is 3.92. The molecule has 130 valence electrons. The van der Waals surface area contributed by atoms with Crippen LogP contribution in [-0.4, -0.2) is 30.3 Å². The second-order valence-electron chi connectivity index (χ2n) is 5.77. The van der Waals surface area contributed by atoms with Crippen LogP contribution in [0.5, 0.6) is 0 Å². The number of nitrogens with one attached hydrogen (secondary N) is 2. The van der Waals surface area contributed by atoms with Gasteiger partial charge in [-0.1, -0.05) is 37.3 Å². The van der Waals surface area contributed by atoms with Crippen LogP contribution in [-0.2, 0) is 6.42 Å². The van der Waals surface area contributed by atoms with Crippen LogP contribution in [0.1, 0.15) is 37.6 Å². The molecule has 0 radical (unpaired) electrons. The quantitative estimate of drug-likeness (QED) is 0.514. The van der Waals surface area contributed by atoms with Gasteiger partial charge in [-0.2, -0.15) is 0 Å². The van der Waals surface area contributed by atoms with E-state index in [0.29, 0.717) is 12.5 Å². The summed E-state index contributed by atoms with van der Waals surface area (Å²) in [6.07, 6.45) is 3.25. The molecule has 0 fully saturated rings. The lowest BCUT2D eigenvalue weighted by Gasteiger charge is -2.22. The highest BCUT2D eigenvalue weighted by atomic mass is 16.3. The van der Waals surface area contributed by atoms with Gasteiger partial charge in [0.15, 0.2) is 5.96 Å². The molecule has 0 saturated carbocycles. The molecule has 2 aromatic rings. The van der Waals surface area contributed by atoms with Gasteiger partial charge in [-0.15, -0.1) is 0 Å². The van der Waals surface area contributed by atoms with E-state index in [4.69, 9.17) is 4.42 Å². The average Bonchev–Trinajstić information content (AvgIpc) is 3.13. The molecule has 1 aromatic carbocycles. The minimum atomic E-state index is -0.0113. The fourth-order valence-corrected chi connectivity index (χ4v) is 2.37. The first-order valence-corrected chi connectivity index (χ1v) is 8.48. The number of aliphatic hydroxyl groups excluding tert-OH is 1. The van der Waals surface area contributed by atoms with Gasteiger partial charge >= 0.3 is 0 Å². The Morgan fingerprint density at radius 2 is 1.96 bits per heavy atom. The molecule has 0 saturated heterocycles. The summed E-state index contributed by atoms with van der Waals surface area (Å²) in [5, 5.41) is 16.1. The summed E-state index contributed by atoms with van der Waals surface area (Å²) < 4.78 is 5.34. The topological polar surface area (TPSA) is 69.8 Å². The lowest BCUT2D eigenvalue weighted by atomic mass is 10.1. The summed E-state index contributed by atoms with van der Waals surface area (Å²) in [5.74, 6) is 1.63. The highest BCUT2D eigenvalue weighted by molar-refractivity contribution is 5.80. The van der Waals surface area contributed by atoms with E-state index < -0.39 is 0 Å². The van der Waals surface area contributed by atoms with Gasteiger partial charge in [-0.25, -0.2) is 0 Å². The van der Waals surface area contributed by atoms with Gasteiger partial charge < -0.3 is 20.2 Å². The molecule has 5 heteroatoms. The van der Waals surface area contributed by atoms with E-state index in [1.54, 1.807) is 6.26 Å². The molecule has 0 bridgehead atoms. The van der Waals surface area contributed by atoms with Crippen molar-refractivity contribution in [1.29, 1.82) is 0 Å². The first kappa shape index (κ1) is 18.1. The van der Waals surface area contributed by atoms with Crippen molar-refractivity contribution in [2.24, 2.45) is 4.99 Å². The van der Waals surface area contributed by atoms with Crippen molar-refractivity contribution in [3.8, 4) is 0 Å². The maximum Gasteiger partial charge on any atom is 0.192 e. The number of nitrogens with zero attached hydrogens (tertiary/aromatic N) is 1. The SMILES string of the molecule is CC[C@H](CO)NC(=NCCc1ccco1)NC(C)c1ccccc1. The molecule has 1 aromatic heterocycles. The maximum atomic E-state index is 9.44. The van der Waals surface area contributed by atoms with Crippen LogP contribution in [0.2, 0.25) is 0 Å². The van der Waals surface area contributed by atoms with E-state index in [1.165, 1.54) is 5.56 Å². The Labute approximate surface area is 143 Å². The number of hydrogen-bond donors (Lipinski definition) is 3. The van der Waals surface area contributed by atoms with E-state index in [9.17, 15) is 5.11 Å². The summed E-state index contributed by atoms with van der Waals surface area (Å²) in [5.41, 5.74) is 1.19. The molecule has 3 N–H and O–H groups in total. The first-order chi connectivity index (χ1) is 11.7. The van der Waals surface area contributed by atoms with Gasteiger partial charge in [0.25, 0.3) is 0 Å².